The first kappa shape index (κ1) is 23.9. The number of nitrogens with zero attached hydrogens (tertiary/aromatic N) is 1. The maximum Gasteiger partial charge on any atom is 0.414 e. The topological polar surface area (TPSA) is 120 Å². The SMILES string of the molecule is CCOP(=S)(OCC)OC(=O)C(=N)c1nc(OC(=O)NC(C)(C)C)sc1Cl. The number of ether oxygens (including phenoxy) is 1. The van der Waals surface area contributed by atoms with E-state index in [2.05, 4.69) is 10.3 Å². The summed E-state index contributed by atoms with van der Waals surface area (Å²) in [5, 5.41) is 10.4. The van der Waals surface area contributed by atoms with Gasteiger partial charge in [0.1, 0.15) is 10.0 Å². The summed E-state index contributed by atoms with van der Waals surface area (Å²) in [5.41, 5.74) is -1.36. The third-order valence-corrected chi connectivity index (χ3v) is 5.96. The van der Waals surface area contributed by atoms with Gasteiger partial charge in [-0.3, -0.25) is 14.5 Å². The Labute approximate surface area is 171 Å². The number of rotatable bonds is 8. The molecule has 27 heavy (non-hydrogen) atoms. The standard InChI is InChI=1S/C14H21ClN3O6PS2/c1-6-21-25(26,22-7-2)24-11(19)8(16)9-10(15)27-13(17-9)23-12(20)18-14(3,4)5/h16H,6-7H2,1-5H3,(H,18,20). The lowest BCUT2D eigenvalue weighted by Gasteiger charge is -2.19. The number of hydrogen-bond donors (Lipinski definition) is 2. The van der Waals surface area contributed by atoms with Crippen molar-refractivity contribution >= 4 is 59.2 Å². The molecule has 0 aromatic carbocycles. The van der Waals surface area contributed by atoms with Gasteiger partial charge in [0.25, 0.3) is 5.19 Å². The molecule has 2 N–H and O–H groups in total. The molecule has 0 aliphatic heterocycles. The van der Waals surface area contributed by atoms with Gasteiger partial charge in [0.05, 0.1) is 13.2 Å². The van der Waals surface area contributed by atoms with Crippen molar-refractivity contribution in [2.24, 2.45) is 0 Å². The lowest BCUT2D eigenvalue weighted by Crippen LogP contribution is -2.42. The minimum atomic E-state index is -3.32. The molecule has 1 aromatic rings. The fourth-order valence-electron chi connectivity index (χ4n) is 1.54. The Kier molecular flexibility index (Phi) is 8.78. The molecular formula is C14H21ClN3O6PS2. The lowest BCUT2D eigenvalue weighted by molar-refractivity contribution is -0.128. The monoisotopic (exact) mass is 457 g/mol. The minimum Gasteiger partial charge on any atom is -0.386 e. The van der Waals surface area contributed by atoms with E-state index < -0.39 is 30.0 Å². The zero-order valence-electron chi connectivity index (χ0n) is 15.5. The summed E-state index contributed by atoms with van der Waals surface area (Å²) >= 11 is 11.9. The molecule has 0 aliphatic carbocycles. The van der Waals surface area contributed by atoms with E-state index in [0.717, 1.165) is 11.3 Å². The third-order valence-electron chi connectivity index (χ3n) is 2.43. The Morgan fingerprint density at radius 3 is 2.33 bits per heavy atom. The zero-order valence-corrected chi connectivity index (χ0v) is 18.7. The maximum absolute atomic E-state index is 12.2. The van der Waals surface area contributed by atoms with Crippen LogP contribution < -0.4 is 10.1 Å². The first-order chi connectivity index (χ1) is 12.4. The van der Waals surface area contributed by atoms with Crippen molar-refractivity contribution < 1.29 is 27.9 Å². The largest absolute Gasteiger partial charge is 0.414 e. The quantitative estimate of drug-likeness (QED) is 0.445. The van der Waals surface area contributed by atoms with Gasteiger partial charge in [-0.25, -0.2) is 9.59 Å². The number of thiazole rings is 1. The number of nitrogens with one attached hydrogen (secondary N) is 2. The molecular weight excluding hydrogens is 437 g/mol. The molecule has 9 nitrogen and oxygen atoms in total. The van der Waals surface area contributed by atoms with Crippen molar-refractivity contribution in [1.82, 2.24) is 10.3 Å². The Morgan fingerprint density at radius 2 is 1.85 bits per heavy atom. The smallest absolute Gasteiger partial charge is 0.386 e. The minimum absolute atomic E-state index is 0.0170. The van der Waals surface area contributed by atoms with E-state index in [4.69, 9.17) is 47.1 Å². The molecule has 13 heteroatoms. The number of carbonyl (C=O) groups is 2. The predicted molar refractivity (Wildman–Crippen MR) is 106 cm³/mol. The Balaban J connectivity index is 2.89. The molecule has 1 amide bonds. The summed E-state index contributed by atoms with van der Waals surface area (Å²) in [6.07, 6.45) is -0.739. The van der Waals surface area contributed by atoms with Crippen LogP contribution in [-0.4, -0.2) is 41.5 Å². The Morgan fingerprint density at radius 1 is 1.30 bits per heavy atom. The van der Waals surface area contributed by atoms with Gasteiger partial charge >= 0.3 is 18.8 Å². The van der Waals surface area contributed by atoms with E-state index in [1.807, 2.05) is 0 Å². The molecule has 1 rings (SSSR count). The molecule has 0 bridgehead atoms. The molecule has 0 saturated carbocycles. The average molecular weight is 458 g/mol. The van der Waals surface area contributed by atoms with Crippen LogP contribution in [0.25, 0.3) is 0 Å². The molecule has 0 radical (unpaired) electrons. The number of aromatic nitrogens is 1. The van der Waals surface area contributed by atoms with Crippen LogP contribution in [0.5, 0.6) is 5.19 Å². The van der Waals surface area contributed by atoms with Crippen molar-refractivity contribution in [2.75, 3.05) is 13.2 Å². The highest BCUT2D eigenvalue weighted by Gasteiger charge is 2.30. The summed E-state index contributed by atoms with van der Waals surface area (Å²) < 4.78 is 20.4. The molecule has 0 aliphatic rings. The van der Waals surface area contributed by atoms with Crippen LogP contribution in [0.1, 0.15) is 40.3 Å². The maximum atomic E-state index is 12.2. The molecule has 0 spiro atoms. The summed E-state index contributed by atoms with van der Waals surface area (Å²) in [6.45, 7) is 5.71. The van der Waals surface area contributed by atoms with Crippen LogP contribution in [0.4, 0.5) is 4.79 Å². The first-order valence-corrected chi connectivity index (χ1v) is 11.5. The van der Waals surface area contributed by atoms with Crippen LogP contribution in [0.3, 0.4) is 0 Å². The van der Waals surface area contributed by atoms with Crippen molar-refractivity contribution in [3.8, 4) is 5.19 Å². The van der Waals surface area contributed by atoms with Crippen molar-refractivity contribution in [1.29, 1.82) is 5.41 Å². The highest BCUT2D eigenvalue weighted by molar-refractivity contribution is 8.07. The number of amides is 1. The van der Waals surface area contributed by atoms with Gasteiger partial charge in [-0.1, -0.05) is 22.9 Å². The van der Waals surface area contributed by atoms with Crippen molar-refractivity contribution in [2.45, 2.75) is 40.2 Å². The van der Waals surface area contributed by atoms with E-state index in [1.54, 1.807) is 34.6 Å². The van der Waals surface area contributed by atoms with Crippen molar-refractivity contribution in [3.63, 3.8) is 0 Å². The fourth-order valence-corrected chi connectivity index (χ4v) is 4.47. The van der Waals surface area contributed by atoms with Crippen LogP contribution in [0.15, 0.2) is 0 Å². The van der Waals surface area contributed by atoms with Crippen LogP contribution in [0.2, 0.25) is 4.34 Å². The number of hydrogen-bond acceptors (Lipinski definition) is 10. The fraction of sp³-hybridized carbons (Fsp3) is 0.571. The van der Waals surface area contributed by atoms with Crippen LogP contribution >= 0.6 is 29.7 Å². The molecule has 0 atom stereocenters. The summed E-state index contributed by atoms with van der Waals surface area (Å²) in [6, 6.07) is 0. The van der Waals surface area contributed by atoms with E-state index in [1.165, 1.54) is 0 Å². The molecule has 1 aromatic heterocycles. The second-order valence-electron chi connectivity index (χ2n) is 5.90. The first-order valence-electron chi connectivity index (χ1n) is 7.79. The highest BCUT2D eigenvalue weighted by Crippen LogP contribution is 2.50. The van der Waals surface area contributed by atoms with Gasteiger partial charge in [0.2, 0.25) is 0 Å². The zero-order chi connectivity index (χ0) is 20.8. The Hall–Kier alpha value is -1.10. The number of halogens is 1. The van der Waals surface area contributed by atoms with E-state index >= 15 is 0 Å². The van der Waals surface area contributed by atoms with Crippen molar-refractivity contribution in [3.05, 3.63) is 10.0 Å². The van der Waals surface area contributed by atoms with Gasteiger partial charge in [-0.2, -0.15) is 4.98 Å². The van der Waals surface area contributed by atoms with E-state index in [-0.39, 0.29) is 28.4 Å². The predicted octanol–water partition coefficient (Wildman–Crippen LogP) is 3.89. The molecule has 0 unspecified atom stereocenters. The third kappa shape index (κ3) is 7.81. The number of carbonyl (C=O) groups excluding carboxylic acids is 2. The Bertz CT molecular complexity index is 755. The van der Waals surface area contributed by atoms with Gasteiger partial charge in [0, 0.05) is 17.3 Å². The van der Waals surface area contributed by atoms with Gasteiger partial charge < -0.3 is 14.6 Å². The second-order valence-corrected chi connectivity index (χ2v) is 10.4. The summed E-state index contributed by atoms with van der Waals surface area (Å²) in [5.74, 6) is -1.10. The van der Waals surface area contributed by atoms with Gasteiger partial charge in [-0.15, -0.1) is 0 Å². The summed E-state index contributed by atoms with van der Waals surface area (Å²) in [4.78, 5) is 27.9. The molecule has 1 heterocycles. The van der Waals surface area contributed by atoms with E-state index in [0.29, 0.717) is 0 Å². The normalized spacial score (nSPS) is 11.8. The van der Waals surface area contributed by atoms with E-state index in [9.17, 15) is 9.59 Å². The van der Waals surface area contributed by atoms with Crippen LogP contribution in [0, 0.1) is 5.41 Å². The van der Waals surface area contributed by atoms with Gasteiger partial charge in [-0.05, 0) is 34.6 Å². The van der Waals surface area contributed by atoms with Crippen LogP contribution in [-0.2, 0) is 30.2 Å². The van der Waals surface area contributed by atoms with Gasteiger partial charge in [0.15, 0.2) is 5.71 Å². The highest BCUT2D eigenvalue weighted by atomic mass is 35.5. The second kappa shape index (κ2) is 9.90. The average Bonchev–Trinajstić information content (AvgIpc) is 2.84. The molecule has 0 saturated heterocycles. The summed E-state index contributed by atoms with van der Waals surface area (Å²) in [7, 11) is 0. The molecule has 152 valence electrons. The lowest BCUT2D eigenvalue weighted by atomic mass is 10.1. The molecule has 0 fully saturated rings.